The number of aryl methyl sites for hydroxylation is 2. The van der Waals surface area contributed by atoms with Gasteiger partial charge in [0, 0.05) is 74.2 Å². The molecule has 0 aliphatic carbocycles. The van der Waals surface area contributed by atoms with Gasteiger partial charge in [0.25, 0.3) is 0 Å². The van der Waals surface area contributed by atoms with E-state index in [0.717, 1.165) is 39.2 Å². The average molecular weight is 951 g/mol. The zero-order valence-corrected chi connectivity index (χ0v) is 38.4. The van der Waals surface area contributed by atoms with Crippen LogP contribution in [0.1, 0.15) is 18.1 Å². The van der Waals surface area contributed by atoms with E-state index in [2.05, 4.69) is 77.6 Å². The first-order chi connectivity index (χ1) is 28.2. The molecule has 8 rings (SSSR count). The van der Waals surface area contributed by atoms with Crippen LogP contribution in [0, 0.1) is 6.92 Å². The van der Waals surface area contributed by atoms with E-state index in [1.165, 1.54) is 56.1 Å². The topological polar surface area (TPSA) is 107 Å². The second-order valence-corrected chi connectivity index (χ2v) is 21.1. The molecule has 2 aliphatic heterocycles. The molecule has 10 nitrogen and oxygen atoms in total. The highest BCUT2D eigenvalue weighted by Crippen LogP contribution is 2.33. The number of hydrogen-bond acceptors (Lipinski definition) is 10. The highest BCUT2D eigenvalue weighted by molar-refractivity contribution is 7.89. The number of piperazine rings is 2. The fourth-order valence-corrected chi connectivity index (χ4v) is 11.9. The second-order valence-electron chi connectivity index (χ2n) is 13.9. The maximum atomic E-state index is 12.9. The number of aromatic nitrogens is 2. The monoisotopic (exact) mass is 948 g/mol. The van der Waals surface area contributed by atoms with Crippen molar-refractivity contribution in [3.8, 4) is 22.5 Å². The van der Waals surface area contributed by atoms with E-state index in [0.29, 0.717) is 62.4 Å². The standard InChI is InChI=1S/C21H21Cl2N3O2S2.C20H19Cl2N3O2S2/c1-2-15-3-5-16(6-4-15)20-14-29-21(24-20)25-9-11-26(12-10-25)30(27,28)17-7-8-18(22)19(23)13-17;1-14-2-4-15(5-3-14)19-13-28-20(23-19)24-8-10-25(11-9-24)29(26,27)16-6-7-17(21)18(22)12-16/h3-8,13-14H,2,9-12H2,1H3;2-7,12-13H,8-11H2,1H3. The molecule has 0 N–H and O–H groups in total. The fraction of sp³-hybridized carbons (Fsp3) is 0.268. The Morgan fingerprint density at radius 3 is 1.31 bits per heavy atom. The summed E-state index contributed by atoms with van der Waals surface area (Å²) in [6.45, 7) is 8.10. The molecule has 4 heterocycles. The van der Waals surface area contributed by atoms with Gasteiger partial charge in [-0.1, -0.05) is 107 Å². The molecule has 0 amide bonds. The molecule has 0 saturated carbocycles. The number of hydrogen-bond donors (Lipinski definition) is 0. The average Bonchev–Trinajstić information content (AvgIpc) is 3.95. The lowest BCUT2D eigenvalue weighted by atomic mass is 10.1. The van der Waals surface area contributed by atoms with Crippen LogP contribution in [0.4, 0.5) is 10.3 Å². The summed E-state index contributed by atoms with van der Waals surface area (Å²) in [6, 6.07) is 25.5. The van der Waals surface area contributed by atoms with E-state index in [9.17, 15) is 16.8 Å². The van der Waals surface area contributed by atoms with Crippen molar-refractivity contribution in [2.75, 3.05) is 62.2 Å². The molecule has 0 radical (unpaired) electrons. The third-order valence-corrected chi connectivity index (χ3v) is 17.1. The fourth-order valence-electron chi connectivity index (χ4n) is 6.53. The van der Waals surface area contributed by atoms with Gasteiger partial charge in [0.15, 0.2) is 10.3 Å². The van der Waals surface area contributed by atoms with Crippen molar-refractivity contribution in [3.05, 3.63) is 127 Å². The smallest absolute Gasteiger partial charge is 0.243 e. The third kappa shape index (κ3) is 10.1. The van der Waals surface area contributed by atoms with Gasteiger partial charge in [-0.25, -0.2) is 26.8 Å². The van der Waals surface area contributed by atoms with Crippen LogP contribution in [0.3, 0.4) is 0 Å². The summed E-state index contributed by atoms with van der Waals surface area (Å²) in [5.41, 5.74) is 6.57. The van der Waals surface area contributed by atoms with Crippen molar-refractivity contribution in [3.63, 3.8) is 0 Å². The SMILES string of the molecule is CCc1ccc(-c2csc(N3CCN(S(=O)(=O)c4ccc(Cl)c(Cl)c4)CC3)n2)cc1.Cc1ccc(-c2csc(N3CCN(S(=O)(=O)c4ccc(Cl)c(Cl)c4)CC3)n2)cc1. The van der Waals surface area contributed by atoms with Gasteiger partial charge >= 0.3 is 0 Å². The molecule has 4 aromatic carbocycles. The molecular weight excluding hydrogens is 911 g/mol. The molecule has 2 aromatic heterocycles. The molecule has 0 spiro atoms. The molecule has 6 aromatic rings. The Labute approximate surface area is 373 Å². The molecule has 59 heavy (non-hydrogen) atoms. The Kier molecular flexibility index (Phi) is 13.9. The predicted molar refractivity (Wildman–Crippen MR) is 244 cm³/mol. The summed E-state index contributed by atoms with van der Waals surface area (Å²) in [6.07, 6.45) is 1.01. The van der Waals surface area contributed by atoms with Gasteiger partial charge < -0.3 is 9.80 Å². The van der Waals surface area contributed by atoms with Gasteiger partial charge in [0.1, 0.15) is 0 Å². The first-order valence-electron chi connectivity index (χ1n) is 18.7. The number of anilines is 2. The summed E-state index contributed by atoms with van der Waals surface area (Å²) in [7, 11) is -7.21. The number of rotatable bonds is 9. The molecular formula is C41H40Cl4N6O4S4. The number of thiazole rings is 2. The van der Waals surface area contributed by atoms with Crippen molar-refractivity contribution in [2.45, 2.75) is 30.1 Å². The Morgan fingerprint density at radius 1 is 0.542 bits per heavy atom. The highest BCUT2D eigenvalue weighted by Gasteiger charge is 2.31. The Bertz CT molecular complexity index is 2630. The maximum absolute atomic E-state index is 12.9. The van der Waals surface area contributed by atoms with Crippen LogP contribution in [0.25, 0.3) is 22.5 Å². The van der Waals surface area contributed by atoms with Gasteiger partial charge in [0.05, 0.1) is 41.3 Å². The Hall–Kier alpha value is -3.28. The molecule has 2 aliphatic rings. The van der Waals surface area contributed by atoms with Crippen LogP contribution in [0.15, 0.2) is 105 Å². The van der Waals surface area contributed by atoms with E-state index >= 15 is 0 Å². The molecule has 0 bridgehead atoms. The lowest BCUT2D eigenvalue weighted by Crippen LogP contribution is -2.48. The summed E-state index contributed by atoms with van der Waals surface area (Å²) in [5, 5.41) is 7.06. The lowest BCUT2D eigenvalue weighted by Gasteiger charge is -2.33. The zero-order chi connectivity index (χ0) is 41.9. The number of benzene rings is 4. The number of sulfonamides is 2. The van der Waals surface area contributed by atoms with Crippen LogP contribution >= 0.6 is 69.1 Å². The van der Waals surface area contributed by atoms with Gasteiger partial charge in [0.2, 0.25) is 20.0 Å². The maximum Gasteiger partial charge on any atom is 0.243 e. The van der Waals surface area contributed by atoms with Crippen LogP contribution in [-0.2, 0) is 26.5 Å². The molecule has 2 fully saturated rings. The van der Waals surface area contributed by atoms with Crippen LogP contribution in [-0.4, -0.2) is 87.8 Å². The van der Waals surface area contributed by atoms with Crippen LogP contribution in [0.5, 0.6) is 0 Å². The van der Waals surface area contributed by atoms with Gasteiger partial charge in [-0.3, -0.25) is 0 Å². The van der Waals surface area contributed by atoms with E-state index in [1.54, 1.807) is 22.7 Å². The minimum Gasteiger partial charge on any atom is -0.345 e. The largest absolute Gasteiger partial charge is 0.345 e. The van der Waals surface area contributed by atoms with E-state index in [1.807, 2.05) is 5.38 Å². The van der Waals surface area contributed by atoms with Crippen molar-refractivity contribution in [1.82, 2.24) is 18.6 Å². The molecule has 0 atom stereocenters. The zero-order valence-electron chi connectivity index (χ0n) is 32.1. The van der Waals surface area contributed by atoms with Crippen LogP contribution < -0.4 is 9.80 Å². The summed E-state index contributed by atoms with van der Waals surface area (Å²) >= 11 is 27.0. The normalized spacial score (nSPS) is 15.6. The first kappa shape index (κ1) is 43.8. The summed E-state index contributed by atoms with van der Waals surface area (Å²) < 4.78 is 54.6. The predicted octanol–water partition coefficient (Wildman–Crippen LogP) is 10.1. The van der Waals surface area contributed by atoms with Gasteiger partial charge in [-0.2, -0.15) is 8.61 Å². The quantitative estimate of drug-likeness (QED) is 0.141. The molecule has 310 valence electrons. The minimum absolute atomic E-state index is 0.163. The first-order valence-corrected chi connectivity index (χ1v) is 24.9. The summed E-state index contributed by atoms with van der Waals surface area (Å²) in [5.74, 6) is 0. The van der Waals surface area contributed by atoms with Crippen molar-refractivity contribution in [2.24, 2.45) is 0 Å². The minimum atomic E-state index is -3.60. The van der Waals surface area contributed by atoms with Gasteiger partial charge in [-0.15, -0.1) is 22.7 Å². The summed E-state index contributed by atoms with van der Waals surface area (Å²) in [4.78, 5) is 14.1. The van der Waals surface area contributed by atoms with Gasteiger partial charge in [-0.05, 0) is 55.3 Å². The van der Waals surface area contributed by atoms with E-state index < -0.39 is 20.0 Å². The third-order valence-electron chi connectivity index (χ3n) is 10.1. The van der Waals surface area contributed by atoms with E-state index in [4.69, 9.17) is 56.4 Å². The Morgan fingerprint density at radius 2 is 0.932 bits per heavy atom. The molecule has 0 unspecified atom stereocenters. The Balaban J connectivity index is 0.000000179. The van der Waals surface area contributed by atoms with Crippen molar-refractivity contribution >= 4 is 99.4 Å². The molecule has 18 heteroatoms. The van der Waals surface area contributed by atoms with E-state index in [-0.39, 0.29) is 19.8 Å². The van der Waals surface area contributed by atoms with Crippen molar-refractivity contribution in [1.29, 1.82) is 0 Å². The molecule has 2 saturated heterocycles. The second kappa shape index (κ2) is 18.8. The number of halogens is 4. The highest BCUT2D eigenvalue weighted by atomic mass is 35.5. The van der Waals surface area contributed by atoms with Crippen LogP contribution in [0.2, 0.25) is 20.1 Å². The lowest BCUT2D eigenvalue weighted by molar-refractivity contribution is 0.384. The van der Waals surface area contributed by atoms with Crippen molar-refractivity contribution < 1.29 is 16.8 Å². The number of nitrogens with zero attached hydrogens (tertiary/aromatic N) is 6.